The minimum absolute atomic E-state index is 1.31. The highest BCUT2D eigenvalue weighted by Gasteiger charge is 1.85. The molecule has 0 fully saturated rings. The van der Waals surface area contributed by atoms with E-state index >= 15 is 0 Å². The first-order valence-electron chi connectivity index (χ1n) is 2.57. The van der Waals surface area contributed by atoms with Crippen molar-refractivity contribution >= 4 is 6.34 Å². The minimum Gasteiger partial charge on any atom is -0.313 e. The van der Waals surface area contributed by atoms with Gasteiger partial charge in [-0.3, -0.25) is 0 Å². The standard InChI is InChI=1S/C6H6N2O/c9-7-6-8-4-2-1-3-5-8/h1-6H/p+1/b7-6-. The van der Waals surface area contributed by atoms with E-state index in [-0.39, 0.29) is 0 Å². The lowest BCUT2D eigenvalue weighted by atomic mass is 10.5. The molecule has 0 aromatic carbocycles. The molecule has 0 amide bonds. The summed E-state index contributed by atoms with van der Waals surface area (Å²) in [5.41, 5.74) is 0. The van der Waals surface area contributed by atoms with E-state index in [9.17, 15) is 0 Å². The Kier molecular flexibility index (Phi) is 1.80. The van der Waals surface area contributed by atoms with Crippen molar-refractivity contribution in [1.82, 2.24) is 0 Å². The molecule has 1 rings (SSSR count). The van der Waals surface area contributed by atoms with E-state index in [0.29, 0.717) is 0 Å². The van der Waals surface area contributed by atoms with Gasteiger partial charge in [0.05, 0.1) is 12.4 Å². The molecular formula is C6H7N2O+. The molecule has 46 valence electrons. The Morgan fingerprint density at radius 3 is 2.44 bits per heavy atom. The summed E-state index contributed by atoms with van der Waals surface area (Å²) in [7, 11) is 0. The Hall–Kier alpha value is -1.38. The number of rotatable bonds is 1. The van der Waals surface area contributed by atoms with E-state index < -0.39 is 0 Å². The van der Waals surface area contributed by atoms with Crippen LogP contribution in [0.25, 0.3) is 0 Å². The molecule has 0 saturated carbocycles. The van der Waals surface area contributed by atoms with Gasteiger partial charge in [-0.2, -0.15) is 0 Å². The van der Waals surface area contributed by atoms with Crippen LogP contribution in [-0.2, 0) is 0 Å². The van der Waals surface area contributed by atoms with Crippen LogP contribution in [0.3, 0.4) is 0 Å². The van der Waals surface area contributed by atoms with Crippen molar-refractivity contribution in [3.8, 4) is 0 Å². The van der Waals surface area contributed by atoms with Gasteiger partial charge < -0.3 is 5.21 Å². The van der Waals surface area contributed by atoms with Crippen molar-refractivity contribution in [2.45, 2.75) is 0 Å². The van der Waals surface area contributed by atoms with Crippen molar-refractivity contribution in [3.05, 3.63) is 30.6 Å². The summed E-state index contributed by atoms with van der Waals surface area (Å²) in [5, 5.41) is 10.9. The molecule has 3 heteroatoms. The third-order valence-electron chi connectivity index (χ3n) is 0.924. The Bertz CT molecular complexity index is 195. The molecule has 0 unspecified atom stereocenters. The molecule has 1 heterocycles. The predicted octanol–water partition coefficient (Wildman–Crippen LogP) is 0.240. The van der Waals surface area contributed by atoms with Crippen LogP contribution in [0.5, 0.6) is 0 Å². The molecule has 0 atom stereocenters. The maximum absolute atomic E-state index is 8.07. The molecule has 3 nitrogen and oxygen atoms in total. The number of pyridine rings is 1. The zero-order chi connectivity index (χ0) is 6.53. The van der Waals surface area contributed by atoms with Gasteiger partial charge in [0.2, 0.25) is 0 Å². The first-order chi connectivity index (χ1) is 4.43. The van der Waals surface area contributed by atoms with Gasteiger partial charge in [0.15, 0.2) is 0 Å². The molecule has 0 bridgehead atoms. The molecule has 0 saturated heterocycles. The Labute approximate surface area is 52.9 Å². The van der Waals surface area contributed by atoms with E-state index in [4.69, 9.17) is 5.21 Å². The van der Waals surface area contributed by atoms with Gasteiger partial charge in [0.1, 0.15) is 5.16 Å². The topological polar surface area (TPSA) is 36.5 Å². The zero-order valence-corrected chi connectivity index (χ0v) is 4.81. The monoisotopic (exact) mass is 123 g/mol. The maximum Gasteiger partial charge on any atom is 0.338 e. The minimum atomic E-state index is 1.31. The van der Waals surface area contributed by atoms with Crippen LogP contribution < -0.4 is 4.57 Å². The van der Waals surface area contributed by atoms with E-state index in [2.05, 4.69) is 5.16 Å². The van der Waals surface area contributed by atoms with Crippen molar-refractivity contribution in [3.63, 3.8) is 0 Å². The fraction of sp³-hybridized carbons (Fsp3) is 0. The van der Waals surface area contributed by atoms with Gasteiger partial charge in [-0.05, 0) is 12.1 Å². The van der Waals surface area contributed by atoms with Crippen LogP contribution in [0.15, 0.2) is 35.7 Å². The van der Waals surface area contributed by atoms with Crippen LogP contribution in [0, 0.1) is 0 Å². The Morgan fingerprint density at radius 1 is 1.22 bits per heavy atom. The van der Waals surface area contributed by atoms with Gasteiger partial charge in [0.25, 0.3) is 0 Å². The molecule has 1 aromatic rings. The molecule has 0 aliphatic heterocycles. The summed E-state index contributed by atoms with van der Waals surface area (Å²) in [4.78, 5) is 0. The number of hydrogen-bond acceptors (Lipinski definition) is 2. The van der Waals surface area contributed by atoms with E-state index in [0.717, 1.165) is 0 Å². The lowest BCUT2D eigenvalue weighted by Crippen LogP contribution is -2.31. The third-order valence-corrected chi connectivity index (χ3v) is 0.924. The van der Waals surface area contributed by atoms with Crippen LogP contribution in [0.4, 0.5) is 0 Å². The summed E-state index contributed by atoms with van der Waals surface area (Å²) in [5.74, 6) is 0. The molecule has 9 heavy (non-hydrogen) atoms. The van der Waals surface area contributed by atoms with Crippen molar-refractivity contribution in [2.75, 3.05) is 0 Å². The summed E-state index contributed by atoms with van der Waals surface area (Å²) < 4.78 is 1.64. The van der Waals surface area contributed by atoms with Crippen LogP contribution in [0.2, 0.25) is 0 Å². The largest absolute Gasteiger partial charge is 0.338 e. The maximum atomic E-state index is 8.07. The highest BCUT2D eigenvalue weighted by Crippen LogP contribution is 1.72. The number of aromatic nitrogens is 1. The first kappa shape index (κ1) is 5.75. The number of nitrogens with zero attached hydrogens (tertiary/aromatic N) is 2. The molecule has 1 aromatic heterocycles. The van der Waals surface area contributed by atoms with Gasteiger partial charge in [-0.25, -0.2) is 4.57 Å². The lowest BCUT2D eigenvalue weighted by molar-refractivity contribution is -0.547. The van der Waals surface area contributed by atoms with Crippen LogP contribution >= 0.6 is 0 Å². The van der Waals surface area contributed by atoms with Crippen molar-refractivity contribution in [2.24, 2.45) is 5.16 Å². The van der Waals surface area contributed by atoms with Crippen LogP contribution in [-0.4, -0.2) is 11.5 Å². The predicted molar refractivity (Wildman–Crippen MR) is 32.3 cm³/mol. The summed E-state index contributed by atoms with van der Waals surface area (Å²) in [6, 6.07) is 5.59. The second-order valence-electron chi connectivity index (χ2n) is 1.55. The number of oxime groups is 1. The van der Waals surface area contributed by atoms with Crippen LogP contribution in [0.1, 0.15) is 0 Å². The SMILES string of the molecule is O/N=C\[n+]1ccccc1. The summed E-state index contributed by atoms with van der Waals surface area (Å²) in [6.07, 6.45) is 4.86. The Balaban J connectivity index is 2.85. The fourth-order valence-corrected chi connectivity index (χ4v) is 0.549. The second-order valence-corrected chi connectivity index (χ2v) is 1.55. The van der Waals surface area contributed by atoms with E-state index in [1.807, 2.05) is 18.2 Å². The average Bonchev–Trinajstić information content (AvgIpc) is 1.91. The van der Waals surface area contributed by atoms with Gasteiger partial charge in [-0.1, -0.05) is 6.07 Å². The summed E-state index contributed by atoms with van der Waals surface area (Å²) >= 11 is 0. The van der Waals surface area contributed by atoms with Gasteiger partial charge >= 0.3 is 6.34 Å². The molecule has 0 radical (unpaired) electrons. The molecular weight excluding hydrogens is 116 g/mol. The van der Waals surface area contributed by atoms with E-state index in [1.165, 1.54) is 6.34 Å². The molecule has 0 aliphatic rings. The highest BCUT2D eigenvalue weighted by molar-refractivity contribution is 5.41. The van der Waals surface area contributed by atoms with Gasteiger partial charge in [-0.15, -0.1) is 0 Å². The normalized spacial score (nSPS) is 10.2. The fourth-order valence-electron chi connectivity index (χ4n) is 0.549. The Morgan fingerprint density at radius 2 is 1.89 bits per heavy atom. The zero-order valence-electron chi connectivity index (χ0n) is 4.81. The van der Waals surface area contributed by atoms with Gasteiger partial charge in [0, 0.05) is 0 Å². The van der Waals surface area contributed by atoms with Crippen molar-refractivity contribution in [1.29, 1.82) is 0 Å². The highest BCUT2D eigenvalue weighted by atomic mass is 16.4. The van der Waals surface area contributed by atoms with E-state index in [1.54, 1.807) is 17.0 Å². The lowest BCUT2D eigenvalue weighted by Gasteiger charge is -1.82. The summed E-state index contributed by atoms with van der Waals surface area (Å²) in [6.45, 7) is 0. The molecule has 1 N–H and O–H groups in total. The molecule has 0 aliphatic carbocycles. The quantitative estimate of drug-likeness (QED) is 0.187. The third kappa shape index (κ3) is 1.53. The second kappa shape index (κ2) is 2.81. The number of hydrogen-bond donors (Lipinski definition) is 1. The molecule has 0 spiro atoms. The average molecular weight is 123 g/mol. The smallest absolute Gasteiger partial charge is 0.313 e. The first-order valence-corrected chi connectivity index (χ1v) is 2.57. The van der Waals surface area contributed by atoms with Crippen molar-refractivity contribution < 1.29 is 9.77 Å².